The molecule has 4 heteroatoms. The van der Waals surface area contributed by atoms with Crippen molar-refractivity contribution in [3.05, 3.63) is 29.8 Å². The van der Waals surface area contributed by atoms with Crippen LogP contribution in [0, 0.1) is 6.92 Å². The molecule has 0 saturated heterocycles. The smallest absolute Gasteiger partial charge is 0.436 e. The van der Waals surface area contributed by atoms with E-state index in [1.165, 1.54) is 12.2 Å². The summed E-state index contributed by atoms with van der Waals surface area (Å²) in [6, 6.07) is 7.70. The predicted octanol–water partition coefficient (Wildman–Crippen LogP) is 2.52. The lowest BCUT2D eigenvalue weighted by atomic mass is 10.2. The Morgan fingerprint density at radius 2 is 2.20 bits per heavy atom. The molecule has 0 radical (unpaired) electrons. The molecule has 0 heterocycles. The number of nitrogens with zero attached hydrogens (tertiary/aromatic N) is 1. The normalized spacial score (nSPS) is 9.53. The first-order valence-corrected chi connectivity index (χ1v) is 4.77. The third kappa shape index (κ3) is 3.16. The highest BCUT2D eigenvalue weighted by atomic mass is 16.8. The number of hydrogen-bond donors (Lipinski definition) is 0. The highest BCUT2D eigenvalue weighted by molar-refractivity contribution is 5.62. The van der Waals surface area contributed by atoms with E-state index in [9.17, 15) is 4.79 Å². The van der Waals surface area contributed by atoms with Gasteiger partial charge in [0.2, 0.25) is 0 Å². The lowest BCUT2D eigenvalue weighted by molar-refractivity contribution is 0.0635. The van der Waals surface area contributed by atoms with Crippen LogP contribution < -0.4 is 5.06 Å². The molecule has 0 atom stereocenters. The largest absolute Gasteiger partial charge is 0.533 e. The van der Waals surface area contributed by atoms with Crippen molar-refractivity contribution in [1.29, 1.82) is 0 Å². The van der Waals surface area contributed by atoms with E-state index in [4.69, 9.17) is 4.84 Å². The van der Waals surface area contributed by atoms with Crippen molar-refractivity contribution >= 4 is 11.8 Å². The summed E-state index contributed by atoms with van der Waals surface area (Å²) in [7, 11) is 1.28. The summed E-state index contributed by atoms with van der Waals surface area (Å²) in [5, 5.41) is 1.48. The number of carbonyl (C=O) groups excluding carboxylic acids is 1. The molecule has 1 rings (SSSR count). The minimum absolute atomic E-state index is 0.568. The van der Waals surface area contributed by atoms with E-state index in [1.54, 1.807) is 0 Å². The van der Waals surface area contributed by atoms with Crippen LogP contribution >= 0.6 is 0 Å². The fourth-order valence-corrected chi connectivity index (χ4v) is 1.21. The van der Waals surface area contributed by atoms with E-state index in [-0.39, 0.29) is 0 Å². The van der Waals surface area contributed by atoms with Crippen molar-refractivity contribution in [3.8, 4) is 0 Å². The van der Waals surface area contributed by atoms with Crippen LogP contribution in [0.3, 0.4) is 0 Å². The predicted molar refractivity (Wildman–Crippen MR) is 57.7 cm³/mol. The van der Waals surface area contributed by atoms with Gasteiger partial charge in [-0.25, -0.2) is 9.86 Å². The minimum Gasteiger partial charge on any atom is -0.436 e. The van der Waals surface area contributed by atoms with Gasteiger partial charge in [0.25, 0.3) is 0 Å². The molecule has 4 nitrogen and oxygen atoms in total. The van der Waals surface area contributed by atoms with Crippen molar-refractivity contribution in [2.75, 3.05) is 18.7 Å². The molecule has 1 aromatic carbocycles. The van der Waals surface area contributed by atoms with Gasteiger partial charge in [-0.2, -0.15) is 0 Å². The SMILES string of the molecule is CCN(OC(=O)OC)c1cccc(C)c1. The standard InChI is InChI=1S/C11H15NO3/c1-4-12(15-11(13)14-3)10-7-5-6-9(2)8-10/h5-8H,4H2,1-3H3. The van der Waals surface area contributed by atoms with Gasteiger partial charge in [0.1, 0.15) is 0 Å². The molecule has 0 aliphatic heterocycles. The first kappa shape index (κ1) is 11.4. The molecule has 0 fully saturated rings. The Bertz CT molecular complexity index is 338. The average Bonchev–Trinajstić information content (AvgIpc) is 2.25. The molecule has 0 amide bonds. The first-order valence-electron chi connectivity index (χ1n) is 4.77. The van der Waals surface area contributed by atoms with Crippen LogP contribution in [0.25, 0.3) is 0 Å². The average molecular weight is 209 g/mol. The fraction of sp³-hybridized carbons (Fsp3) is 0.364. The van der Waals surface area contributed by atoms with Crippen molar-refractivity contribution in [3.63, 3.8) is 0 Å². The number of hydroxylamine groups is 1. The Morgan fingerprint density at radius 1 is 1.47 bits per heavy atom. The van der Waals surface area contributed by atoms with Crippen LogP contribution in [0.5, 0.6) is 0 Å². The maximum atomic E-state index is 11.0. The van der Waals surface area contributed by atoms with Gasteiger partial charge in [-0.1, -0.05) is 12.1 Å². The third-order valence-electron chi connectivity index (χ3n) is 1.93. The lowest BCUT2D eigenvalue weighted by Crippen LogP contribution is -2.26. The molecule has 0 N–H and O–H groups in total. The molecule has 82 valence electrons. The van der Waals surface area contributed by atoms with E-state index in [0.29, 0.717) is 6.54 Å². The van der Waals surface area contributed by atoms with Gasteiger partial charge >= 0.3 is 6.16 Å². The van der Waals surface area contributed by atoms with Crippen molar-refractivity contribution < 1.29 is 14.4 Å². The van der Waals surface area contributed by atoms with E-state index < -0.39 is 6.16 Å². The maximum Gasteiger partial charge on any atom is 0.533 e. The van der Waals surface area contributed by atoms with Gasteiger partial charge in [0.05, 0.1) is 19.3 Å². The zero-order valence-corrected chi connectivity index (χ0v) is 9.19. The maximum absolute atomic E-state index is 11.0. The topological polar surface area (TPSA) is 38.8 Å². The molecule has 0 aromatic heterocycles. The summed E-state index contributed by atoms with van der Waals surface area (Å²) in [4.78, 5) is 15.9. The summed E-state index contributed by atoms with van der Waals surface area (Å²) in [6.45, 7) is 4.44. The highest BCUT2D eigenvalue weighted by Gasteiger charge is 2.10. The summed E-state index contributed by atoms with van der Waals surface area (Å²) in [6.07, 6.45) is -0.710. The van der Waals surface area contributed by atoms with E-state index in [1.807, 2.05) is 38.1 Å². The Balaban J connectivity index is 2.78. The van der Waals surface area contributed by atoms with Crippen LogP contribution in [0.1, 0.15) is 12.5 Å². The quantitative estimate of drug-likeness (QED) is 0.566. The summed E-state index contributed by atoms with van der Waals surface area (Å²) in [5.41, 5.74) is 1.95. The first-order chi connectivity index (χ1) is 7.17. The number of methoxy groups -OCH3 is 1. The zero-order valence-electron chi connectivity index (χ0n) is 9.19. The van der Waals surface area contributed by atoms with Gasteiger partial charge in [-0.05, 0) is 31.5 Å². The third-order valence-corrected chi connectivity index (χ3v) is 1.93. The molecule has 15 heavy (non-hydrogen) atoms. The Morgan fingerprint density at radius 3 is 2.73 bits per heavy atom. The van der Waals surface area contributed by atoms with Gasteiger partial charge in [0.15, 0.2) is 0 Å². The second kappa shape index (κ2) is 5.24. The summed E-state index contributed by atoms with van der Waals surface area (Å²) >= 11 is 0. The minimum atomic E-state index is -0.710. The summed E-state index contributed by atoms with van der Waals surface area (Å²) < 4.78 is 4.43. The number of carbonyl (C=O) groups is 1. The van der Waals surface area contributed by atoms with Crippen LogP contribution in [0.15, 0.2) is 24.3 Å². The monoisotopic (exact) mass is 209 g/mol. The second-order valence-corrected chi connectivity index (χ2v) is 3.08. The zero-order chi connectivity index (χ0) is 11.3. The Labute approximate surface area is 89.4 Å². The number of aryl methyl sites for hydroxylation is 1. The summed E-state index contributed by atoms with van der Waals surface area (Å²) in [5.74, 6) is 0. The molecule has 0 spiro atoms. The molecular formula is C11H15NO3. The van der Waals surface area contributed by atoms with Crippen LogP contribution in [0.4, 0.5) is 10.5 Å². The molecule has 0 bridgehead atoms. The van der Waals surface area contributed by atoms with Gasteiger partial charge in [-0.3, -0.25) is 0 Å². The van der Waals surface area contributed by atoms with Crippen molar-refractivity contribution in [1.82, 2.24) is 0 Å². The van der Waals surface area contributed by atoms with Gasteiger partial charge in [0, 0.05) is 0 Å². The van der Waals surface area contributed by atoms with Crippen molar-refractivity contribution in [2.24, 2.45) is 0 Å². The Hall–Kier alpha value is -1.71. The molecule has 0 saturated carbocycles. The second-order valence-electron chi connectivity index (χ2n) is 3.08. The molecule has 1 aromatic rings. The Kier molecular flexibility index (Phi) is 3.97. The number of rotatable bonds is 3. The van der Waals surface area contributed by atoms with Crippen LogP contribution in [-0.4, -0.2) is 19.8 Å². The van der Waals surface area contributed by atoms with E-state index in [0.717, 1.165) is 11.3 Å². The van der Waals surface area contributed by atoms with Crippen molar-refractivity contribution in [2.45, 2.75) is 13.8 Å². The fourth-order valence-electron chi connectivity index (χ4n) is 1.21. The van der Waals surface area contributed by atoms with Crippen LogP contribution in [-0.2, 0) is 9.57 Å². The van der Waals surface area contributed by atoms with E-state index >= 15 is 0 Å². The lowest BCUT2D eigenvalue weighted by Gasteiger charge is -2.20. The number of benzene rings is 1. The number of ether oxygens (including phenoxy) is 1. The molecule has 0 aliphatic carbocycles. The molecule has 0 unspecified atom stereocenters. The highest BCUT2D eigenvalue weighted by Crippen LogP contribution is 2.16. The molecular weight excluding hydrogens is 194 g/mol. The number of hydrogen-bond acceptors (Lipinski definition) is 4. The van der Waals surface area contributed by atoms with Gasteiger partial charge < -0.3 is 9.57 Å². The number of anilines is 1. The van der Waals surface area contributed by atoms with E-state index in [2.05, 4.69) is 4.74 Å². The van der Waals surface area contributed by atoms with Gasteiger partial charge in [-0.15, -0.1) is 0 Å². The molecule has 0 aliphatic rings. The van der Waals surface area contributed by atoms with Crippen LogP contribution in [0.2, 0.25) is 0 Å².